The first-order valence-corrected chi connectivity index (χ1v) is 6.69. The molecule has 2 aromatic rings. The molecular formula is C14H17N5O. The minimum Gasteiger partial charge on any atom is -0.373 e. The van der Waals surface area contributed by atoms with Crippen LogP contribution in [0.3, 0.4) is 0 Å². The number of benzene rings is 1. The van der Waals surface area contributed by atoms with E-state index in [2.05, 4.69) is 26.9 Å². The van der Waals surface area contributed by atoms with Crippen molar-refractivity contribution in [3.63, 3.8) is 0 Å². The Morgan fingerprint density at radius 3 is 3.10 bits per heavy atom. The number of rotatable bonds is 4. The summed E-state index contributed by atoms with van der Waals surface area (Å²) in [5.74, 6) is 0.899. The van der Waals surface area contributed by atoms with Crippen LogP contribution in [-0.4, -0.2) is 33.3 Å². The van der Waals surface area contributed by atoms with Crippen LogP contribution in [-0.2, 0) is 24.7 Å². The van der Waals surface area contributed by atoms with Gasteiger partial charge < -0.3 is 15.2 Å². The number of nitrogens with zero attached hydrogens (tertiary/aromatic N) is 3. The number of anilines is 1. The zero-order valence-electron chi connectivity index (χ0n) is 11.3. The molecule has 3 rings (SSSR count). The molecule has 0 fully saturated rings. The summed E-state index contributed by atoms with van der Waals surface area (Å²) < 4.78 is 1.86. The van der Waals surface area contributed by atoms with Gasteiger partial charge in [0, 0.05) is 32.1 Å². The Labute approximate surface area is 117 Å². The maximum Gasteiger partial charge on any atom is 0.242 e. The number of hydrogen-bond acceptors (Lipinski definition) is 4. The molecule has 6 heteroatoms. The van der Waals surface area contributed by atoms with Crippen LogP contribution in [0, 0.1) is 0 Å². The molecule has 0 unspecified atom stereocenters. The predicted octanol–water partition coefficient (Wildman–Crippen LogP) is 0.511. The van der Waals surface area contributed by atoms with Gasteiger partial charge in [-0.2, -0.15) is 0 Å². The van der Waals surface area contributed by atoms with Gasteiger partial charge in [0.05, 0.1) is 0 Å². The molecule has 0 spiro atoms. The van der Waals surface area contributed by atoms with Crippen LogP contribution in [0.5, 0.6) is 0 Å². The average Bonchev–Trinajstić information content (AvgIpc) is 3.05. The second kappa shape index (κ2) is 5.32. The standard InChI is InChI=1S/C14H17N5O/c1-19-9-16-18-13(19)6-7-15-14(20)12-8-10-4-2-3-5-11(10)17-12/h2-5,9,12,17H,6-8H2,1H3,(H,15,20)/t12-/m0/s1. The van der Waals surface area contributed by atoms with Gasteiger partial charge in [-0.15, -0.1) is 10.2 Å². The summed E-state index contributed by atoms with van der Waals surface area (Å²) in [5, 5.41) is 14.0. The van der Waals surface area contributed by atoms with Gasteiger partial charge in [-0.1, -0.05) is 18.2 Å². The Morgan fingerprint density at radius 2 is 2.35 bits per heavy atom. The van der Waals surface area contributed by atoms with Gasteiger partial charge in [-0.05, 0) is 11.6 Å². The number of amides is 1. The lowest BCUT2D eigenvalue weighted by Gasteiger charge is -2.11. The molecule has 104 valence electrons. The monoisotopic (exact) mass is 271 g/mol. The van der Waals surface area contributed by atoms with Crippen molar-refractivity contribution < 1.29 is 4.79 Å². The van der Waals surface area contributed by atoms with Gasteiger partial charge in [0.15, 0.2) is 0 Å². The lowest BCUT2D eigenvalue weighted by molar-refractivity contribution is -0.121. The second-order valence-corrected chi connectivity index (χ2v) is 4.96. The van der Waals surface area contributed by atoms with Crippen LogP contribution in [0.4, 0.5) is 5.69 Å². The number of carbonyl (C=O) groups excluding carboxylic acids is 1. The number of aromatic nitrogens is 3. The number of fused-ring (bicyclic) bond motifs is 1. The Hall–Kier alpha value is -2.37. The summed E-state index contributed by atoms with van der Waals surface area (Å²) in [7, 11) is 1.90. The van der Waals surface area contributed by atoms with Crippen molar-refractivity contribution in [2.24, 2.45) is 7.05 Å². The maximum absolute atomic E-state index is 12.1. The fourth-order valence-corrected chi connectivity index (χ4v) is 2.41. The van der Waals surface area contributed by atoms with Crippen molar-refractivity contribution in [1.29, 1.82) is 0 Å². The quantitative estimate of drug-likeness (QED) is 0.850. The van der Waals surface area contributed by atoms with Gasteiger partial charge in [-0.3, -0.25) is 4.79 Å². The molecule has 1 aliphatic rings. The molecule has 1 amide bonds. The molecule has 1 aliphatic heterocycles. The Balaban J connectivity index is 1.50. The molecule has 20 heavy (non-hydrogen) atoms. The van der Waals surface area contributed by atoms with Crippen LogP contribution in [0.15, 0.2) is 30.6 Å². The molecule has 2 heterocycles. The smallest absolute Gasteiger partial charge is 0.242 e. The third kappa shape index (κ3) is 2.49. The number of hydrogen-bond donors (Lipinski definition) is 2. The SMILES string of the molecule is Cn1cnnc1CCNC(=O)[C@@H]1Cc2ccccc2N1. The summed E-state index contributed by atoms with van der Waals surface area (Å²) in [6.07, 6.45) is 3.08. The van der Waals surface area contributed by atoms with Crippen molar-refractivity contribution in [3.05, 3.63) is 42.0 Å². The molecule has 6 nitrogen and oxygen atoms in total. The minimum atomic E-state index is -0.174. The van der Waals surface area contributed by atoms with E-state index in [0.717, 1.165) is 17.9 Å². The highest BCUT2D eigenvalue weighted by atomic mass is 16.2. The normalized spacial score (nSPS) is 16.6. The number of carbonyl (C=O) groups is 1. The van der Waals surface area contributed by atoms with E-state index in [9.17, 15) is 4.79 Å². The highest BCUT2D eigenvalue weighted by Gasteiger charge is 2.25. The van der Waals surface area contributed by atoms with Gasteiger partial charge in [0.2, 0.25) is 5.91 Å². The van der Waals surface area contributed by atoms with Gasteiger partial charge in [0.1, 0.15) is 18.2 Å². The molecule has 1 aromatic carbocycles. The summed E-state index contributed by atoms with van der Waals surface area (Å²) in [5.41, 5.74) is 2.25. The van der Waals surface area contributed by atoms with E-state index in [1.54, 1.807) is 6.33 Å². The highest BCUT2D eigenvalue weighted by Crippen LogP contribution is 2.24. The summed E-state index contributed by atoms with van der Waals surface area (Å²) >= 11 is 0. The molecular weight excluding hydrogens is 254 g/mol. The summed E-state index contributed by atoms with van der Waals surface area (Å²) in [6.45, 7) is 0.569. The van der Waals surface area contributed by atoms with E-state index in [-0.39, 0.29) is 11.9 Å². The predicted molar refractivity (Wildman–Crippen MR) is 75.3 cm³/mol. The van der Waals surface area contributed by atoms with Crippen LogP contribution >= 0.6 is 0 Å². The van der Waals surface area contributed by atoms with Crippen molar-refractivity contribution in [1.82, 2.24) is 20.1 Å². The molecule has 1 aromatic heterocycles. The van der Waals surface area contributed by atoms with E-state index in [4.69, 9.17) is 0 Å². The Morgan fingerprint density at radius 1 is 1.50 bits per heavy atom. The van der Waals surface area contributed by atoms with E-state index in [1.165, 1.54) is 5.56 Å². The van der Waals surface area contributed by atoms with E-state index in [0.29, 0.717) is 13.0 Å². The number of nitrogens with one attached hydrogen (secondary N) is 2. The highest BCUT2D eigenvalue weighted by molar-refractivity contribution is 5.87. The Kier molecular flexibility index (Phi) is 3.37. The topological polar surface area (TPSA) is 71.8 Å². The molecule has 1 atom stereocenters. The number of para-hydroxylation sites is 1. The van der Waals surface area contributed by atoms with Crippen LogP contribution in [0.2, 0.25) is 0 Å². The molecule has 2 N–H and O–H groups in total. The first-order valence-electron chi connectivity index (χ1n) is 6.69. The molecule has 0 radical (unpaired) electrons. The zero-order chi connectivity index (χ0) is 13.9. The fourth-order valence-electron chi connectivity index (χ4n) is 2.41. The van der Waals surface area contributed by atoms with Crippen LogP contribution < -0.4 is 10.6 Å². The lowest BCUT2D eigenvalue weighted by atomic mass is 10.1. The molecule has 0 bridgehead atoms. The largest absolute Gasteiger partial charge is 0.373 e. The van der Waals surface area contributed by atoms with Crippen molar-refractivity contribution in [2.75, 3.05) is 11.9 Å². The summed E-state index contributed by atoms with van der Waals surface area (Å²) in [4.78, 5) is 12.1. The van der Waals surface area contributed by atoms with Crippen LogP contribution in [0.25, 0.3) is 0 Å². The molecule has 0 saturated heterocycles. The fraction of sp³-hybridized carbons (Fsp3) is 0.357. The minimum absolute atomic E-state index is 0.0309. The first-order chi connectivity index (χ1) is 9.74. The van der Waals surface area contributed by atoms with Gasteiger partial charge in [-0.25, -0.2) is 0 Å². The maximum atomic E-state index is 12.1. The van der Waals surface area contributed by atoms with Gasteiger partial charge in [0.25, 0.3) is 0 Å². The zero-order valence-corrected chi connectivity index (χ0v) is 11.3. The average molecular weight is 271 g/mol. The van der Waals surface area contributed by atoms with E-state index in [1.807, 2.05) is 29.8 Å². The van der Waals surface area contributed by atoms with E-state index < -0.39 is 0 Å². The second-order valence-electron chi connectivity index (χ2n) is 4.96. The number of aryl methyl sites for hydroxylation is 1. The molecule has 0 saturated carbocycles. The third-order valence-corrected chi connectivity index (χ3v) is 3.54. The third-order valence-electron chi connectivity index (χ3n) is 3.54. The molecule has 0 aliphatic carbocycles. The van der Waals surface area contributed by atoms with E-state index >= 15 is 0 Å². The van der Waals surface area contributed by atoms with Gasteiger partial charge >= 0.3 is 0 Å². The Bertz CT molecular complexity index is 597. The van der Waals surface area contributed by atoms with Crippen LogP contribution in [0.1, 0.15) is 11.4 Å². The van der Waals surface area contributed by atoms with Crippen molar-refractivity contribution >= 4 is 11.6 Å². The first kappa shape index (κ1) is 12.7. The summed E-state index contributed by atoms with van der Waals surface area (Å²) in [6, 6.07) is 7.85. The van der Waals surface area contributed by atoms with Crippen molar-refractivity contribution in [2.45, 2.75) is 18.9 Å². The lowest BCUT2D eigenvalue weighted by Crippen LogP contribution is -2.39. The van der Waals surface area contributed by atoms with Crippen molar-refractivity contribution in [3.8, 4) is 0 Å².